The Morgan fingerprint density at radius 3 is 2.73 bits per heavy atom. The van der Waals surface area contributed by atoms with Crippen LogP contribution in [0.25, 0.3) is 6.08 Å². The SMILES string of the molecule is CNCCC=Cc1c(N)cc(F)cc1F. The molecule has 2 nitrogen and oxygen atoms in total. The van der Waals surface area contributed by atoms with Crippen molar-refractivity contribution in [2.24, 2.45) is 0 Å². The second-order valence-corrected chi connectivity index (χ2v) is 3.19. The Morgan fingerprint density at radius 1 is 1.40 bits per heavy atom. The number of halogens is 2. The van der Waals surface area contributed by atoms with Gasteiger partial charge in [0.25, 0.3) is 0 Å². The molecule has 0 aliphatic heterocycles. The smallest absolute Gasteiger partial charge is 0.135 e. The number of hydrogen-bond donors (Lipinski definition) is 2. The molecule has 0 saturated heterocycles. The highest BCUT2D eigenvalue weighted by Crippen LogP contribution is 2.19. The van der Waals surface area contributed by atoms with Crippen LogP contribution in [0.5, 0.6) is 0 Å². The summed E-state index contributed by atoms with van der Waals surface area (Å²) in [6.07, 6.45) is 4.14. The molecule has 1 aromatic rings. The van der Waals surface area contributed by atoms with Crippen LogP contribution in [0.4, 0.5) is 14.5 Å². The zero-order valence-corrected chi connectivity index (χ0v) is 8.56. The third-order valence-corrected chi connectivity index (χ3v) is 1.97. The van der Waals surface area contributed by atoms with Gasteiger partial charge in [-0.25, -0.2) is 8.78 Å². The van der Waals surface area contributed by atoms with Crippen LogP contribution in [-0.2, 0) is 0 Å². The summed E-state index contributed by atoms with van der Waals surface area (Å²) in [6, 6.07) is 1.94. The Morgan fingerprint density at radius 2 is 2.13 bits per heavy atom. The van der Waals surface area contributed by atoms with Gasteiger partial charge in [0.1, 0.15) is 11.6 Å². The summed E-state index contributed by atoms with van der Waals surface area (Å²) < 4.78 is 25.9. The molecule has 0 aromatic heterocycles. The summed E-state index contributed by atoms with van der Waals surface area (Å²) in [6.45, 7) is 0.805. The van der Waals surface area contributed by atoms with E-state index in [-0.39, 0.29) is 11.3 Å². The fourth-order valence-corrected chi connectivity index (χ4v) is 1.21. The highest BCUT2D eigenvalue weighted by atomic mass is 19.1. The van der Waals surface area contributed by atoms with E-state index in [0.29, 0.717) is 0 Å². The largest absolute Gasteiger partial charge is 0.398 e. The molecule has 0 atom stereocenters. The lowest BCUT2D eigenvalue weighted by atomic mass is 10.1. The maximum absolute atomic E-state index is 13.2. The zero-order valence-electron chi connectivity index (χ0n) is 8.56. The second-order valence-electron chi connectivity index (χ2n) is 3.19. The standard InChI is InChI=1S/C11H14F2N2/c1-15-5-3-2-4-9-10(13)6-8(12)7-11(9)14/h2,4,6-7,15H,3,5,14H2,1H3. The van der Waals surface area contributed by atoms with Gasteiger partial charge in [-0.2, -0.15) is 0 Å². The van der Waals surface area contributed by atoms with Gasteiger partial charge in [0.15, 0.2) is 0 Å². The molecule has 0 aliphatic rings. The van der Waals surface area contributed by atoms with Gasteiger partial charge in [-0.1, -0.05) is 12.2 Å². The minimum absolute atomic E-state index is 0.119. The molecule has 0 amide bonds. The molecule has 15 heavy (non-hydrogen) atoms. The summed E-state index contributed by atoms with van der Waals surface area (Å²) >= 11 is 0. The number of hydrogen-bond acceptors (Lipinski definition) is 2. The van der Waals surface area contributed by atoms with Crippen LogP contribution in [0.2, 0.25) is 0 Å². The minimum atomic E-state index is -0.655. The summed E-state index contributed by atoms with van der Waals surface area (Å²) in [5.74, 6) is -1.29. The van der Waals surface area contributed by atoms with E-state index in [0.717, 1.165) is 25.1 Å². The number of nitrogens with two attached hydrogens (primary N) is 1. The Balaban J connectivity index is 2.80. The first-order chi connectivity index (χ1) is 7.15. The van der Waals surface area contributed by atoms with Gasteiger partial charge in [-0.3, -0.25) is 0 Å². The van der Waals surface area contributed by atoms with E-state index < -0.39 is 11.6 Å². The molecule has 0 radical (unpaired) electrons. The van der Waals surface area contributed by atoms with Gasteiger partial charge >= 0.3 is 0 Å². The van der Waals surface area contributed by atoms with Gasteiger partial charge in [-0.15, -0.1) is 0 Å². The third kappa shape index (κ3) is 3.32. The number of anilines is 1. The molecule has 0 saturated carbocycles. The number of nitrogens with one attached hydrogen (secondary N) is 1. The fourth-order valence-electron chi connectivity index (χ4n) is 1.21. The van der Waals surface area contributed by atoms with Gasteiger partial charge in [-0.05, 0) is 26.1 Å². The molecule has 0 bridgehead atoms. The van der Waals surface area contributed by atoms with Crippen molar-refractivity contribution < 1.29 is 8.78 Å². The predicted octanol–water partition coefficient (Wildman–Crippen LogP) is 2.17. The van der Waals surface area contributed by atoms with Gasteiger partial charge in [0, 0.05) is 17.3 Å². The minimum Gasteiger partial charge on any atom is -0.398 e. The lowest BCUT2D eigenvalue weighted by molar-refractivity contribution is 0.583. The van der Waals surface area contributed by atoms with E-state index in [2.05, 4.69) is 5.32 Å². The third-order valence-electron chi connectivity index (χ3n) is 1.97. The molecule has 0 heterocycles. The topological polar surface area (TPSA) is 38.0 Å². The van der Waals surface area contributed by atoms with Crippen LogP contribution < -0.4 is 11.1 Å². The van der Waals surface area contributed by atoms with Crippen molar-refractivity contribution >= 4 is 11.8 Å². The monoisotopic (exact) mass is 212 g/mol. The van der Waals surface area contributed by atoms with Crippen molar-refractivity contribution in [1.82, 2.24) is 5.32 Å². The van der Waals surface area contributed by atoms with E-state index in [9.17, 15) is 8.78 Å². The van der Waals surface area contributed by atoms with Crippen LogP contribution >= 0.6 is 0 Å². The second kappa shape index (κ2) is 5.46. The maximum atomic E-state index is 13.2. The Bertz CT molecular complexity index is 339. The maximum Gasteiger partial charge on any atom is 0.135 e. The van der Waals surface area contributed by atoms with Gasteiger partial charge in [0.2, 0.25) is 0 Å². The number of nitrogen functional groups attached to an aromatic ring is 1. The summed E-state index contributed by atoms with van der Waals surface area (Å²) in [7, 11) is 1.83. The Labute approximate surface area is 87.8 Å². The van der Waals surface area contributed by atoms with Crippen LogP contribution in [-0.4, -0.2) is 13.6 Å². The molecule has 0 spiro atoms. The van der Waals surface area contributed by atoms with Crippen molar-refractivity contribution in [3.63, 3.8) is 0 Å². The van der Waals surface area contributed by atoms with Crippen molar-refractivity contribution in [3.05, 3.63) is 35.4 Å². The Hall–Kier alpha value is -1.42. The molecule has 1 aromatic carbocycles. The molecule has 0 aliphatic carbocycles. The van der Waals surface area contributed by atoms with Gasteiger partial charge in [0.05, 0.1) is 0 Å². The van der Waals surface area contributed by atoms with E-state index in [1.165, 1.54) is 0 Å². The first-order valence-electron chi connectivity index (χ1n) is 4.71. The normalized spacial score (nSPS) is 11.1. The molecular weight excluding hydrogens is 198 g/mol. The summed E-state index contributed by atoms with van der Waals surface area (Å²) in [4.78, 5) is 0. The number of benzene rings is 1. The highest BCUT2D eigenvalue weighted by Gasteiger charge is 2.05. The molecule has 82 valence electrons. The zero-order chi connectivity index (χ0) is 11.3. The predicted molar refractivity (Wildman–Crippen MR) is 58.3 cm³/mol. The van der Waals surface area contributed by atoms with Crippen LogP contribution in [0.1, 0.15) is 12.0 Å². The van der Waals surface area contributed by atoms with Gasteiger partial charge < -0.3 is 11.1 Å². The van der Waals surface area contributed by atoms with Crippen LogP contribution in [0, 0.1) is 11.6 Å². The van der Waals surface area contributed by atoms with Crippen LogP contribution in [0.15, 0.2) is 18.2 Å². The lowest BCUT2D eigenvalue weighted by Gasteiger charge is -2.02. The van der Waals surface area contributed by atoms with Crippen molar-refractivity contribution in [2.75, 3.05) is 19.3 Å². The van der Waals surface area contributed by atoms with Crippen molar-refractivity contribution in [3.8, 4) is 0 Å². The van der Waals surface area contributed by atoms with E-state index >= 15 is 0 Å². The molecule has 0 unspecified atom stereocenters. The molecule has 0 fully saturated rings. The fraction of sp³-hybridized carbons (Fsp3) is 0.273. The highest BCUT2D eigenvalue weighted by molar-refractivity contribution is 5.64. The summed E-state index contributed by atoms with van der Waals surface area (Å²) in [5.41, 5.74) is 5.85. The van der Waals surface area contributed by atoms with Crippen molar-refractivity contribution in [2.45, 2.75) is 6.42 Å². The quantitative estimate of drug-likeness (QED) is 0.593. The van der Waals surface area contributed by atoms with E-state index in [4.69, 9.17) is 5.73 Å². The first-order valence-corrected chi connectivity index (χ1v) is 4.71. The van der Waals surface area contributed by atoms with E-state index in [1.807, 2.05) is 7.05 Å². The number of rotatable bonds is 4. The molecule has 1 rings (SSSR count). The Kier molecular flexibility index (Phi) is 4.24. The first kappa shape index (κ1) is 11.7. The molecular formula is C11H14F2N2. The average Bonchev–Trinajstić information content (AvgIpc) is 2.15. The van der Waals surface area contributed by atoms with E-state index in [1.54, 1.807) is 12.2 Å². The summed E-state index contributed by atoms with van der Waals surface area (Å²) in [5, 5.41) is 2.96. The average molecular weight is 212 g/mol. The molecule has 3 N–H and O–H groups in total. The lowest BCUT2D eigenvalue weighted by Crippen LogP contribution is -2.05. The molecule has 4 heteroatoms. The van der Waals surface area contributed by atoms with Crippen molar-refractivity contribution in [1.29, 1.82) is 0 Å². The van der Waals surface area contributed by atoms with Crippen LogP contribution in [0.3, 0.4) is 0 Å².